The lowest BCUT2D eigenvalue weighted by molar-refractivity contribution is -0.140. The molecule has 0 aliphatic carbocycles. The first-order valence-corrected chi connectivity index (χ1v) is 6.48. The van der Waals surface area contributed by atoms with E-state index < -0.39 is 6.04 Å². The van der Waals surface area contributed by atoms with Crippen LogP contribution < -0.4 is 5.43 Å². The van der Waals surface area contributed by atoms with E-state index in [9.17, 15) is 14.4 Å². The molecule has 19 heavy (non-hydrogen) atoms. The number of nitrogens with zero attached hydrogens (tertiary/aromatic N) is 2. The Bertz CT molecular complexity index is 374. The average Bonchev–Trinajstić information content (AvgIpc) is 2.94. The number of carbonyl (C=O) groups excluding carboxylic acids is 3. The quantitative estimate of drug-likeness (QED) is 0.488. The summed E-state index contributed by atoms with van der Waals surface area (Å²) in [6, 6.07) is -0.749. The van der Waals surface area contributed by atoms with Crippen molar-refractivity contribution < 1.29 is 19.1 Å². The molecular formula is C12H19N3O4. The van der Waals surface area contributed by atoms with Crippen molar-refractivity contribution in [3.05, 3.63) is 0 Å². The molecule has 0 spiro atoms. The van der Waals surface area contributed by atoms with Crippen molar-refractivity contribution in [1.82, 2.24) is 15.3 Å². The summed E-state index contributed by atoms with van der Waals surface area (Å²) < 4.78 is 4.88. The van der Waals surface area contributed by atoms with E-state index in [2.05, 4.69) is 5.43 Å². The Balaban J connectivity index is 1.93. The van der Waals surface area contributed by atoms with Crippen LogP contribution in [0.5, 0.6) is 0 Å². The van der Waals surface area contributed by atoms with Gasteiger partial charge in [-0.2, -0.15) is 0 Å². The molecule has 2 rings (SSSR count). The molecule has 1 unspecified atom stereocenters. The summed E-state index contributed by atoms with van der Waals surface area (Å²) in [6.07, 6.45) is 2.73. The summed E-state index contributed by atoms with van der Waals surface area (Å²) in [4.78, 5) is 35.9. The van der Waals surface area contributed by atoms with Crippen LogP contribution in [0, 0.1) is 0 Å². The Hall–Kier alpha value is -1.31. The van der Waals surface area contributed by atoms with Crippen molar-refractivity contribution in [1.29, 1.82) is 0 Å². The highest BCUT2D eigenvalue weighted by atomic mass is 16.5. The van der Waals surface area contributed by atoms with Crippen molar-refractivity contribution in [3.63, 3.8) is 0 Å². The van der Waals surface area contributed by atoms with Gasteiger partial charge in [-0.15, -0.1) is 0 Å². The van der Waals surface area contributed by atoms with Crippen LogP contribution in [0.4, 0.5) is 0 Å². The lowest BCUT2D eigenvalue weighted by atomic mass is 10.2. The first-order chi connectivity index (χ1) is 9.17. The molecule has 0 aromatic heterocycles. The number of methoxy groups -OCH3 is 1. The standard InChI is InChI=1S/C12H19N3O4/c1-19-6-5-14-11(17)7-10(12(14)18)13-15-4-2-3-9(15)8-16/h8-10,13H,2-7H2,1H3/t9-,10?/m0/s1. The van der Waals surface area contributed by atoms with Gasteiger partial charge in [0.2, 0.25) is 11.8 Å². The highest BCUT2D eigenvalue weighted by Gasteiger charge is 2.40. The predicted molar refractivity (Wildman–Crippen MR) is 65.9 cm³/mol. The van der Waals surface area contributed by atoms with Crippen LogP contribution in [0.3, 0.4) is 0 Å². The van der Waals surface area contributed by atoms with Gasteiger partial charge in [-0.05, 0) is 12.8 Å². The van der Waals surface area contributed by atoms with Crippen LogP contribution >= 0.6 is 0 Å². The minimum atomic E-state index is -0.551. The van der Waals surface area contributed by atoms with Crippen molar-refractivity contribution >= 4 is 18.1 Å². The van der Waals surface area contributed by atoms with Gasteiger partial charge < -0.3 is 9.53 Å². The fourth-order valence-electron chi connectivity index (χ4n) is 2.50. The van der Waals surface area contributed by atoms with Gasteiger partial charge in [0.25, 0.3) is 0 Å². The molecule has 0 aromatic carbocycles. The molecule has 2 fully saturated rings. The number of aldehydes is 1. The van der Waals surface area contributed by atoms with Gasteiger partial charge in [0.1, 0.15) is 12.3 Å². The zero-order chi connectivity index (χ0) is 13.8. The molecule has 2 aliphatic rings. The molecule has 106 valence electrons. The number of carbonyl (C=O) groups is 3. The van der Waals surface area contributed by atoms with E-state index in [0.717, 1.165) is 25.7 Å². The molecule has 7 nitrogen and oxygen atoms in total. The number of likely N-dealkylation sites (tertiary alicyclic amines) is 1. The zero-order valence-corrected chi connectivity index (χ0v) is 11.0. The van der Waals surface area contributed by atoms with Gasteiger partial charge in [0.05, 0.1) is 25.6 Å². The normalized spacial score (nSPS) is 28.4. The number of rotatable bonds is 6. The minimum Gasteiger partial charge on any atom is -0.383 e. The molecular weight excluding hydrogens is 250 g/mol. The smallest absolute Gasteiger partial charge is 0.248 e. The van der Waals surface area contributed by atoms with Crippen molar-refractivity contribution in [2.45, 2.75) is 31.3 Å². The van der Waals surface area contributed by atoms with E-state index in [1.807, 2.05) is 0 Å². The Morgan fingerprint density at radius 3 is 2.95 bits per heavy atom. The first-order valence-electron chi connectivity index (χ1n) is 6.48. The van der Waals surface area contributed by atoms with Crippen molar-refractivity contribution in [2.24, 2.45) is 0 Å². The lowest BCUT2D eigenvalue weighted by Gasteiger charge is -2.24. The van der Waals surface area contributed by atoms with Crippen LogP contribution in [0.15, 0.2) is 0 Å². The summed E-state index contributed by atoms with van der Waals surface area (Å²) in [5.74, 6) is -0.431. The maximum atomic E-state index is 12.1. The highest BCUT2D eigenvalue weighted by molar-refractivity contribution is 6.05. The second-order valence-electron chi connectivity index (χ2n) is 4.80. The Morgan fingerprint density at radius 1 is 1.47 bits per heavy atom. The summed E-state index contributed by atoms with van der Waals surface area (Å²) in [5.41, 5.74) is 3.01. The second kappa shape index (κ2) is 6.23. The molecule has 2 saturated heterocycles. The maximum absolute atomic E-state index is 12.1. The van der Waals surface area contributed by atoms with Gasteiger partial charge in [-0.25, -0.2) is 10.4 Å². The van der Waals surface area contributed by atoms with Gasteiger partial charge in [-0.1, -0.05) is 0 Å². The molecule has 2 atom stereocenters. The summed E-state index contributed by atoms with van der Waals surface area (Å²) >= 11 is 0. The van der Waals surface area contributed by atoms with Crippen LogP contribution in [0.25, 0.3) is 0 Å². The first kappa shape index (κ1) is 14.1. The number of hydrogen-bond donors (Lipinski definition) is 1. The van der Waals surface area contributed by atoms with Gasteiger partial charge in [-0.3, -0.25) is 14.5 Å². The maximum Gasteiger partial charge on any atom is 0.248 e. The largest absolute Gasteiger partial charge is 0.383 e. The number of nitrogens with one attached hydrogen (secondary N) is 1. The molecule has 0 aromatic rings. The van der Waals surface area contributed by atoms with E-state index in [1.54, 1.807) is 5.01 Å². The topological polar surface area (TPSA) is 79.0 Å². The molecule has 7 heteroatoms. The van der Waals surface area contributed by atoms with Crippen molar-refractivity contribution in [2.75, 3.05) is 26.8 Å². The monoisotopic (exact) mass is 269 g/mol. The van der Waals surface area contributed by atoms with E-state index in [4.69, 9.17) is 4.74 Å². The summed E-state index contributed by atoms with van der Waals surface area (Å²) in [6.45, 7) is 1.34. The molecule has 0 saturated carbocycles. The van der Waals surface area contributed by atoms with E-state index in [1.165, 1.54) is 12.0 Å². The number of hydrazine groups is 1. The average molecular weight is 269 g/mol. The Kier molecular flexibility index (Phi) is 4.62. The van der Waals surface area contributed by atoms with E-state index >= 15 is 0 Å². The molecule has 0 bridgehead atoms. The zero-order valence-electron chi connectivity index (χ0n) is 11.0. The molecule has 2 amide bonds. The SMILES string of the molecule is COCCN1C(=O)CC(NN2CCC[C@H]2C=O)C1=O. The number of hydrogen-bond acceptors (Lipinski definition) is 6. The van der Waals surface area contributed by atoms with Gasteiger partial charge >= 0.3 is 0 Å². The molecule has 1 N–H and O–H groups in total. The number of ether oxygens (including phenoxy) is 1. The van der Waals surface area contributed by atoms with Gasteiger partial charge in [0.15, 0.2) is 0 Å². The molecule has 2 aliphatic heterocycles. The second-order valence-corrected chi connectivity index (χ2v) is 4.80. The van der Waals surface area contributed by atoms with Gasteiger partial charge in [0, 0.05) is 13.7 Å². The minimum absolute atomic E-state index is 0.143. The third-order valence-electron chi connectivity index (χ3n) is 3.54. The van der Waals surface area contributed by atoms with E-state index in [-0.39, 0.29) is 30.8 Å². The summed E-state index contributed by atoms with van der Waals surface area (Å²) in [5, 5.41) is 1.77. The third kappa shape index (κ3) is 2.99. The van der Waals surface area contributed by atoms with E-state index in [0.29, 0.717) is 6.61 Å². The predicted octanol–water partition coefficient (Wildman–Crippen LogP) is -1.07. The third-order valence-corrected chi connectivity index (χ3v) is 3.54. The Labute approximate surface area is 111 Å². The van der Waals surface area contributed by atoms with Crippen LogP contribution in [-0.2, 0) is 19.1 Å². The summed E-state index contributed by atoms with van der Waals surface area (Å²) in [7, 11) is 1.53. The fourth-order valence-corrected chi connectivity index (χ4v) is 2.50. The van der Waals surface area contributed by atoms with Crippen LogP contribution in [-0.4, -0.2) is 66.9 Å². The highest BCUT2D eigenvalue weighted by Crippen LogP contribution is 2.17. The Morgan fingerprint density at radius 2 is 2.26 bits per heavy atom. The molecule has 2 heterocycles. The fraction of sp³-hybridized carbons (Fsp3) is 0.750. The molecule has 0 radical (unpaired) electrons. The van der Waals surface area contributed by atoms with Crippen LogP contribution in [0.2, 0.25) is 0 Å². The lowest BCUT2D eigenvalue weighted by Crippen LogP contribution is -2.51. The van der Waals surface area contributed by atoms with Crippen LogP contribution in [0.1, 0.15) is 19.3 Å². The number of imide groups is 1. The van der Waals surface area contributed by atoms with Crippen molar-refractivity contribution in [3.8, 4) is 0 Å². The number of amides is 2.